The monoisotopic (exact) mass is 275 g/mol. The highest BCUT2D eigenvalue weighted by Crippen LogP contribution is 2.36. The zero-order chi connectivity index (χ0) is 14.9. The molecule has 1 aliphatic rings. The van der Waals surface area contributed by atoms with Gasteiger partial charge in [0.15, 0.2) is 0 Å². The number of rotatable bonds is 4. The molecule has 1 aliphatic heterocycles. The Morgan fingerprint density at radius 1 is 1.00 bits per heavy atom. The van der Waals surface area contributed by atoms with Gasteiger partial charge in [0.05, 0.1) is 6.61 Å². The molecule has 2 heteroatoms. The molecule has 0 spiro atoms. The fourth-order valence-corrected chi connectivity index (χ4v) is 3.54. The maximum Gasteiger partial charge on any atom is 0.0513 e. The van der Waals surface area contributed by atoms with Gasteiger partial charge in [-0.15, -0.1) is 0 Å². The van der Waals surface area contributed by atoms with E-state index in [2.05, 4.69) is 46.9 Å². The summed E-state index contributed by atoms with van der Waals surface area (Å²) in [7, 11) is 0. The quantitative estimate of drug-likeness (QED) is 0.899. The normalized spacial score (nSPS) is 20.4. The van der Waals surface area contributed by atoms with E-state index in [4.69, 9.17) is 4.74 Å². The van der Waals surface area contributed by atoms with Crippen LogP contribution in [0.5, 0.6) is 0 Å². The van der Waals surface area contributed by atoms with Crippen LogP contribution in [0.15, 0.2) is 0 Å². The van der Waals surface area contributed by atoms with Crippen molar-refractivity contribution in [2.24, 2.45) is 5.92 Å². The summed E-state index contributed by atoms with van der Waals surface area (Å²) in [5.74, 6) is 0.605. The molecule has 1 aromatic rings. The molecule has 0 aromatic heterocycles. The molecule has 1 aromatic carbocycles. The lowest BCUT2D eigenvalue weighted by Crippen LogP contribution is -2.30. The van der Waals surface area contributed by atoms with Gasteiger partial charge in [-0.05, 0) is 81.0 Å². The van der Waals surface area contributed by atoms with Gasteiger partial charge in [0, 0.05) is 18.6 Å². The molecular weight excluding hydrogens is 246 g/mol. The summed E-state index contributed by atoms with van der Waals surface area (Å²) < 4.78 is 5.63. The number of hydrogen-bond donors (Lipinski definition) is 1. The van der Waals surface area contributed by atoms with Crippen molar-refractivity contribution in [1.82, 2.24) is 5.32 Å². The highest BCUT2D eigenvalue weighted by atomic mass is 16.5. The first-order chi connectivity index (χ1) is 9.49. The lowest BCUT2D eigenvalue weighted by atomic mass is 9.81. The van der Waals surface area contributed by atoms with Gasteiger partial charge in [-0.3, -0.25) is 0 Å². The Kier molecular flexibility index (Phi) is 4.87. The second kappa shape index (κ2) is 6.28. The van der Waals surface area contributed by atoms with Crippen LogP contribution in [0.2, 0.25) is 0 Å². The van der Waals surface area contributed by atoms with Crippen LogP contribution < -0.4 is 5.32 Å². The predicted octanol–water partition coefficient (Wildman–Crippen LogP) is 3.92. The summed E-state index contributed by atoms with van der Waals surface area (Å²) in [5, 5.41) is 3.72. The summed E-state index contributed by atoms with van der Waals surface area (Å²) in [4.78, 5) is 0. The van der Waals surface area contributed by atoms with Crippen molar-refractivity contribution < 1.29 is 4.74 Å². The maximum absolute atomic E-state index is 5.63. The van der Waals surface area contributed by atoms with Crippen molar-refractivity contribution >= 4 is 0 Å². The third-order valence-electron chi connectivity index (χ3n) is 5.23. The zero-order valence-corrected chi connectivity index (χ0v) is 13.9. The lowest BCUT2D eigenvalue weighted by Gasteiger charge is -2.30. The van der Waals surface area contributed by atoms with E-state index in [1.807, 2.05) is 0 Å². The van der Waals surface area contributed by atoms with Crippen LogP contribution in [0, 0.1) is 40.5 Å². The molecule has 2 nitrogen and oxygen atoms in total. The summed E-state index contributed by atoms with van der Waals surface area (Å²) in [5.41, 5.74) is 8.78. The first-order valence-corrected chi connectivity index (χ1v) is 7.87. The van der Waals surface area contributed by atoms with Crippen LogP contribution in [0.3, 0.4) is 0 Å². The van der Waals surface area contributed by atoms with Crippen LogP contribution in [0.4, 0.5) is 0 Å². The van der Waals surface area contributed by atoms with Crippen LogP contribution in [0.1, 0.15) is 52.8 Å². The minimum absolute atomic E-state index is 0.431. The Bertz CT molecular complexity index is 458. The van der Waals surface area contributed by atoms with E-state index in [1.54, 1.807) is 0 Å². The van der Waals surface area contributed by atoms with Crippen LogP contribution >= 0.6 is 0 Å². The van der Waals surface area contributed by atoms with Gasteiger partial charge in [-0.1, -0.05) is 6.92 Å². The van der Waals surface area contributed by atoms with Crippen molar-refractivity contribution in [3.8, 4) is 0 Å². The second-order valence-corrected chi connectivity index (χ2v) is 6.20. The van der Waals surface area contributed by atoms with Crippen LogP contribution in [-0.2, 0) is 4.74 Å². The third-order valence-corrected chi connectivity index (χ3v) is 5.23. The second-order valence-electron chi connectivity index (χ2n) is 6.20. The Labute approximate surface area is 123 Å². The number of benzene rings is 1. The molecule has 1 heterocycles. The molecule has 2 atom stereocenters. The molecule has 2 rings (SSSR count). The molecule has 0 radical (unpaired) electrons. The van der Waals surface area contributed by atoms with Gasteiger partial charge in [0.25, 0.3) is 0 Å². The van der Waals surface area contributed by atoms with E-state index in [0.29, 0.717) is 12.0 Å². The van der Waals surface area contributed by atoms with E-state index in [-0.39, 0.29) is 0 Å². The Hall–Kier alpha value is -0.860. The molecule has 0 saturated carbocycles. The topological polar surface area (TPSA) is 21.3 Å². The van der Waals surface area contributed by atoms with Gasteiger partial charge in [0.2, 0.25) is 0 Å². The fourth-order valence-electron chi connectivity index (χ4n) is 3.54. The standard InChI is InChI=1S/C18H29NO/c1-7-19-18(16-8-9-20-10-16)17-14(5)12(3)11(2)13(4)15(17)6/h16,18-19H,7-10H2,1-6H3. The SMILES string of the molecule is CCNC(c1c(C)c(C)c(C)c(C)c1C)C1CCOC1. The molecule has 1 saturated heterocycles. The smallest absolute Gasteiger partial charge is 0.0513 e. The van der Waals surface area contributed by atoms with Gasteiger partial charge >= 0.3 is 0 Å². The molecule has 0 aliphatic carbocycles. The number of hydrogen-bond acceptors (Lipinski definition) is 2. The van der Waals surface area contributed by atoms with Gasteiger partial charge in [-0.2, -0.15) is 0 Å². The average Bonchev–Trinajstić information content (AvgIpc) is 2.96. The van der Waals surface area contributed by atoms with E-state index >= 15 is 0 Å². The highest BCUT2D eigenvalue weighted by molar-refractivity contribution is 5.51. The minimum Gasteiger partial charge on any atom is -0.381 e. The Morgan fingerprint density at radius 3 is 2.00 bits per heavy atom. The van der Waals surface area contributed by atoms with Crippen molar-refractivity contribution in [2.45, 2.75) is 54.0 Å². The number of ether oxygens (including phenoxy) is 1. The minimum atomic E-state index is 0.431. The number of nitrogens with one attached hydrogen (secondary N) is 1. The van der Waals surface area contributed by atoms with Gasteiger partial charge in [0.1, 0.15) is 0 Å². The highest BCUT2D eigenvalue weighted by Gasteiger charge is 2.29. The molecule has 0 bridgehead atoms. The van der Waals surface area contributed by atoms with E-state index in [0.717, 1.165) is 19.8 Å². The van der Waals surface area contributed by atoms with Crippen LogP contribution in [0.25, 0.3) is 0 Å². The first kappa shape index (κ1) is 15.5. The zero-order valence-electron chi connectivity index (χ0n) is 13.9. The van der Waals surface area contributed by atoms with Gasteiger partial charge < -0.3 is 10.1 Å². The molecule has 112 valence electrons. The third kappa shape index (κ3) is 2.64. The molecule has 20 heavy (non-hydrogen) atoms. The molecule has 0 amide bonds. The Morgan fingerprint density at radius 2 is 1.55 bits per heavy atom. The lowest BCUT2D eigenvalue weighted by molar-refractivity contribution is 0.177. The van der Waals surface area contributed by atoms with Crippen molar-refractivity contribution in [1.29, 1.82) is 0 Å². The van der Waals surface area contributed by atoms with Gasteiger partial charge in [-0.25, -0.2) is 0 Å². The first-order valence-electron chi connectivity index (χ1n) is 7.87. The average molecular weight is 275 g/mol. The maximum atomic E-state index is 5.63. The van der Waals surface area contributed by atoms with Crippen molar-refractivity contribution in [3.63, 3.8) is 0 Å². The van der Waals surface area contributed by atoms with E-state index in [9.17, 15) is 0 Å². The molecular formula is C18H29NO. The summed E-state index contributed by atoms with van der Waals surface area (Å²) >= 11 is 0. The van der Waals surface area contributed by atoms with Crippen molar-refractivity contribution in [3.05, 3.63) is 33.4 Å². The molecule has 1 fully saturated rings. The summed E-state index contributed by atoms with van der Waals surface area (Å²) in [6.45, 7) is 16.3. The van der Waals surface area contributed by atoms with Crippen molar-refractivity contribution in [2.75, 3.05) is 19.8 Å². The largest absolute Gasteiger partial charge is 0.381 e. The van der Waals surface area contributed by atoms with Crippen LogP contribution in [-0.4, -0.2) is 19.8 Å². The molecule has 1 N–H and O–H groups in total. The summed E-state index contributed by atoms with van der Waals surface area (Å²) in [6.07, 6.45) is 1.17. The molecule has 2 unspecified atom stereocenters. The fraction of sp³-hybridized carbons (Fsp3) is 0.667. The Balaban J connectivity index is 2.52. The van der Waals surface area contributed by atoms with E-state index < -0.39 is 0 Å². The van der Waals surface area contributed by atoms with E-state index in [1.165, 1.54) is 39.8 Å². The predicted molar refractivity (Wildman–Crippen MR) is 85.5 cm³/mol. The summed E-state index contributed by atoms with van der Waals surface area (Å²) in [6, 6.07) is 0.431.